The van der Waals surface area contributed by atoms with Crippen LogP contribution in [0.3, 0.4) is 0 Å². The number of cyclic esters (lactones) is 2. The van der Waals surface area contributed by atoms with Gasteiger partial charge in [-0.25, -0.2) is 9.59 Å². The van der Waals surface area contributed by atoms with Crippen LogP contribution in [0.25, 0.3) is 0 Å². The van der Waals surface area contributed by atoms with Crippen LogP contribution in [-0.4, -0.2) is 103 Å². The lowest BCUT2D eigenvalue weighted by molar-refractivity contribution is -0.431. The molecule has 0 aliphatic carbocycles. The molecule has 3 heterocycles. The lowest BCUT2D eigenvalue weighted by Gasteiger charge is -2.54. The van der Waals surface area contributed by atoms with E-state index in [-0.39, 0.29) is 52.7 Å². The average molecular weight is 795 g/mol. The Bertz CT molecular complexity index is 1980. The number of amides is 1. The van der Waals surface area contributed by atoms with Gasteiger partial charge in [0, 0.05) is 26.2 Å². The lowest BCUT2D eigenvalue weighted by atomic mass is 9.84. The van der Waals surface area contributed by atoms with Crippen LogP contribution in [0, 0.1) is 0 Å². The van der Waals surface area contributed by atoms with Gasteiger partial charge in [0.05, 0.1) is 39.6 Å². The van der Waals surface area contributed by atoms with E-state index in [9.17, 15) is 9.59 Å². The number of benzene rings is 4. The van der Waals surface area contributed by atoms with Crippen LogP contribution in [-0.2, 0) is 78.7 Å². The van der Waals surface area contributed by atoms with Crippen molar-refractivity contribution in [2.75, 3.05) is 46.4 Å². The van der Waals surface area contributed by atoms with E-state index in [4.69, 9.17) is 37.9 Å². The normalized spacial score (nSPS) is 25.2. The van der Waals surface area contributed by atoms with Crippen LogP contribution < -0.4 is 0 Å². The van der Waals surface area contributed by atoms with Gasteiger partial charge in [0.1, 0.15) is 0 Å². The summed E-state index contributed by atoms with van der Waals surface area (Å²) < 4.78 is 52.6. The van der Waals surface area contributed by atoms with Crippen molar-refractivity contribution < 1.29 is 52.3 Å². The lowest BCUT2D eigenvalue weighted by Crippen LogP contribution is -2.80. The van der Waals surface area contributed by atoms with E-state index in [1.165, 1.54) is 4.90 Å². The van der Waals surface area contributed by atoms with Crippen molar-refractivity contribution >= 4 is 17.8 Å². The van der Waals surface area contributed by atoms with Gasteiger partial charge in [0.2, 0.25) is 0 Å². The molecule has 0 N–H and O–H groups in total. The predicted octanol–water partition coefficient (Wildman–Crippen LogP) is 5.01. The minimum atomic E-state index is -2.79. The minimum Gasteiger partial charge on any atom is -0.414 e. The number of likely N-dealkylation sites (N-methyl/N-ethyl adjacent to an activating group) is 1. The summed E-state index contributed by atoms with van der Waals surface area (Å²) >= 11 is 0. The van der Waals surface area contributed by atoms with E-state index in [0.717, 1.165) is 11.1 Å². The molecule has 4 aromatic rings. The largest absolute Gasteiger partial charge is 0.420 e. The van der Waals surface area contributed by atoms with Crippen molar-refractivity contribution in [1.82, 2.24) is 9.80 Å². The van der Waals surface area contributed by atoms with Gasteiger partial charge in [-0.05, 0) is 43.1 Å². The number of esters is 2. The summed E-state index contributed by atoms with van der Waals surface area (Å²) in [7, 11) is 1.95. The molecule has 58 heavy (non-hydrogen) atoms. The number of ether oxygens (including phenoxy) is 8. The van der Waals surface area contributed by atoms with Crippen LogP contribution in [0.1, 0.15) is 36.1 Å². The minimum absolute atomic E-state index is 0.0882. The van der Waals surface area contributed by atoms with Gasteiger partial charge in [-0.3, -0.25) is 4.79 Å². The Balaban J connectivity index is 1.44. The molecule has 0 radical (unpaired) electrons. The predicted molar refractivity (Wildman–Crippen MR) is 209 cm³/mol. The van der Waals surface area contributed by atoms with Gasteiger partial charge in [-0.2, -0.15) is 0 Å². The van der Waals surface area contributed by atoms with Crippen LogP contribution in [0.4, 0.5) is 0 Å². The molecule has 1 unspecified atom stereocenters. The number of carbonyl (C=O) groups is 3. The second kappa shape index (κ2) is 17.9. The molecular weight excluding hydrogens is 744 g/mol. The maximum Gasteiger partial charge on any atom is 0.420 e. The fraction of sp³-hybridized carbons (Fsp3) is 0.400. The number of rotatable bonds is 16. The summed E-state index contributed by atoms with van der Waals surface area (Å²) in [6, 6.07) is 37.1. The molecule has 306 valence electrons. The summed E-state index contributed by atoms with van der Waals surface area (Å²) in [6.45, 7) is 4.21. The summed E-state index contributed by atoms with van der Waals surface area (Å²) in [4.78, 5) is 46.8. The second-order valence-electron chi connectivity index (χ2n) is 15.2. The third-order valence-corrected chi connectivity index (χ3v) is 10.4. The third kappa shape index (κ3) is 9.01. The Morgan fingerprint density at radius 1 is 0.655 bits per heavy atom. The summed E-state index contributed by atoms with van der Waals surface area (Å²) in [5.74, 6) is -10.3. The first kappa shape index (κ1) is 41.2. The Labute approximate surface area is 338 Å². The van der Waals surface area contributed by atoms with E-state index in [1.807, 2.05) is 116 Å². The van der Waals surface area contributed by atoms with Crippen molar-refractivity contribution in [3.8, 4) is 0 Å². The maximum atomic E-state index is 15.6. The molecular formula is C45H50N2O11. The van der Waals surface area contributed by atoms with Crippen LogP contribution in [0.2, 0.25) is 0 Å². The molecule has 3 saturated heterocycles. The SMILES string of the molecule is CN1CCN(C(=O)[C@]2(OCc3ccccc3)OC(=O)C(=O)O[C@@]2(OCc2ccccc2)[C@@H](OCc2ccccc2)C2(COCc3ccccc3)COC(C)(C)O2)CC1. The molecule has 13 heteroatoms. The highest BCUT2D eigenvalue weighted by Crippen LogP contribution is 2.50. The van der Waals surface area contributed by atoms with Crippen LogP contribution >= 0.6 is 0 Å². The number of piperazine rings is 1. The number of hydrogen-bond acceptors (Lipinski definition) is 12. The molecule has 4 atom stereocenters. The van der Waals surface area contributed by atoms with E-state index >= 15 is 4.79 Å². The Morgan fingerprint density at radius 3 is 1.66 bits per heavy atom. The van der Waals surface area contributed by atoms with Gasteiger partial charge in [-0.1, -0.05) is 121 Å². The Kier molecular flexibility index (Phi) is 12.7. The highest BCUT2D eigenvalue weighted by molar-refractivity contribution is 6.31. The van der Waals surface area contributed by atoms with Gasteiger partial charge in [0.15, 0.2) is 17.5 Å². The van der Waals surface area contributed by atoms with E-state index < -0.39 is 46.9 Å². The van der Waals surface area contributed by atoms with Gasteiger partial charge in [0.25, 0.3) is 0 Å². The molecule has 0 aromatic heterocycles. The van der Waals surface area contributed by atoms with Crippen LogP contribution in [0.15, 0.2) is 121 Å². The fourth-order valence-corrected chi connectivity index (χ4v) is 7.44. The molecule has 0 spiro atoms. The first-order valence-electron chi connectivity index (χ1n) is 19.4. The number of hydrogen-bond donors (Lipinski definition) is 0. The Hall–Kier alpha value is -4.99. The molecule has 7 rings (SSSR count). The van der Waals surface area contributed by atoms with Crippen molar-refractivity contribution in [1.29, 1.82) is 0 Å². The summed E-state index contributed by atoms with van der Waals surface area (Å²) in [5.41, 5.74) is 1.24. The van der Waals surface area contributed by atoms with E-state index in [0.29, 0.717) is 24.2 Å². The molecule has 1 amide bonds. The zero-order valence-corrected chi connectivity index (χ0v) is 33.1. The number of nitrogens with zero attached hydrogens (tertiary/aromatic N) is 2. The van der Waals surface area contributed by atoms with Crippen molar-refractivity contribution in [2.24, 2.45) is 0 Å². The fourth-order valence-electron chi connectivity index (χ4n) is 7.44. The van der Waals surface area contributed by atoms with Gasteiger partial charge < -0.3 is 47.7 Å². The smallest absolute Gasteiger partial charge is 0.414 e. The van der Waals surface area contributed by atoms with Crippen molar-refractivity contribution in [3.05, 3.63) is 144 Å². The van der Waals surface area contributed by atoms with Crippen LogP contribution in [0.5, 0.6) is 0 Å². The highest BCUT2D eigenvalue weighted by atomic mass is 16.9. The molecule has 3 aliphatic heterocycles. The maximum absolute atomic E-state index is 15.6. The average Bonchev–Trinajstić information content (AvgIpc) is 3.56. The zero-order chi connectivity index (χ0) is 40.6. The monoisotopic (exact) mass is 794 g/mol. The second-order valence-corrected chi connectivity index (χ2v) is 15.2. The van der Waals surface area contributed by atoms with Gasteiger partial charge in [-0.15, -0.1) is 0 Å². The van der Waals surface area contributed by atoms with Gasteiger partial charge >= 0.3 is 29.4 Å². The van der Waals surface area contributed by atoms with Crippen molar-refractivity contribution in [3.63, 3.8) is 0 Å². The molecule has 0 saturated carbocycles. The third-order valence-electron chi connectivity index (χ3n) is 10.4. The summed E-state index contributed by atoms with van der Waals surface area (Å²) in [6.07, 6.45) is -1.62. The molecule has 4 aromatic carbocycles. The first-order valence-corrected chi connectivity index (χ1v) is 19.4. The van der Waals surface area contributed by atoms with E-state index in [2.05, 4.69) is 4.90 Å². The standard InChI is InChI=1S/C45H50N2O11/c1-42(2)55-33-43(58-42,32-51-28-34-16-8-4-9-17-34)40(52-29-35-18-10-5-11-19-35)44(53-30-36-20-12-6-13-21-36)45(57-39(49)38(48)56-44,54-31-37-22-14-7-15-23-37)41(50)47-26-24-46(3)25-27-47/h4-23,40H,24-33H2,1-3H3/t40-,43?,44-,45-/m0/s1. The quantitative estimate of drug-likeness (QED) is 0.112. The first-order chi connectivity index (χ1) is 28.0. The summed E-state index contributed by atoms with van der Waals surface area (Å²) in [5, 5.41) is 0. The molecule has 3 aliphatic rings. The molecule has 0 bridgehead atoms. The molecule has 3 fully saturated rings. The molecule has 13 nitrogen and oxygen atoms in total. The van der Waals surface area contributed by atoms with Crippen molar-refractivity contribution in [2.45, 2.75) is 69.3 Å². The zero-order valence-electron chi connectivity index (χ0n) is 33.1. The van der Waals surface area contributed by atoms with E-state index in [1.54, 1.807) is 26.0 Å². The number of carbonyl (C=O) groups excluding carboxylic acids is 3. The Morgan fingerprint density at radius 2 is 1.14 bits per heavy atom. The highest BCUT2D eigenvalue weighted by Gasteiger charge is 2.78. The topological polar surface area (TPSA) is 132 Å².